The number of unbranched alkanes of at least 4 members (excludes halogenated alkanes) is 26. The average molecular weight is 1070 g/mol. The molecule has 6 nitrogen and oxygen atoms in total. The monoisotopic (exact) mass is 1070 g/mol. The van der Waals surface area contributed by atoms with Crippen LogP contribution in [0, 0.1) is 0 Å². The van der Waals surface area contributed by atoms with Gasteiger partial charge < -0.3 is 14.2 Å². The summed E-state index contributed by atoms with van der Waals surface area (Å²) in [6.45, 7) is 6.31. The number of hydrogen-bond donors (Lipinski definition) is 0. The Morgan fingerprint density at radius 1 is 0.273 bits per heavy atom. The molecule has 0 amide bonds. The number of esters is 3. The van der Waals surface area contributed by atoms with Gasteiger partial charge in [0.1, 0.15) is 13.2 Å². The number of hydrogen-bond acceptors (Lipinski definition) is 6. The van der Waals surface area contributed by atoms with Crippen molar-refractivity contribution in [3.63, 3.8) is 0 Å². The molecule has 0 aromatic carbocycles. The second-order valence-corrected chi connectivity index (χ2v) is 20.9. The van der Waals surface area contributed by atoms with Gasteiger partial charge in [0.05, 0.1) is 0 Å². The minimum absolute atomic E-state index is 0.118. The lowest BCUT2D eigenvalue weighted by Crippen LogP contribution is -2.30. The van der Waals surface area contributed by atoms with E-state index in [1.54, 1.807) is 0 Å². The molecule has 0 aromatic rings. The first kappa shape index (κ1) is 72.8. The minimum atomic E-state index is -0.831. The summed E-state index contributed by atoms with van der Waals surface area (Å²) in [6, 6.07) is 0. The molecule has 0 aliphatic rings. The van der Waals surface area contributed by atoms with Crippen molar-refractivity contribution in [2.24, 2.45) is 0 Å². The Hall–Kier alpha value is -4.19. The smallest absolute Gasteiger partial charge is 0.306 e. The number of ether oxygens (including phenoxy) is 3. The zero-order valence-corrected chi connectivity index (χ0v) is 50.2. The number of allylic oxidation sites excluding steroid dienone is 20. The van der Waals surface area contributed by atoms with E-state index in [0.717, 1.165) is 89.9 Å². The van der Waals surface area contributed by atoms with Crippen molar-refractivity contribution in [1.29, 1.82) is 0 Å². The number of carbonyl (C=O) groups excluding carboxylic acids is 3. The summed E-state index contributed by atoms with van der Waals surface area (Å²) in [6.07, 6.45) is 89.6. The van der Waals surface area contributed by atoms with Crippen molar-refractivity contribution in [1.82, 2.24) is 0 Å². The van der Waals surface area contributed by atoms with Crippen LogP contribution in [0.15, 0.2) is 122 Å². The van der Waals surface area contributed by atoms with Crippen LogP contribution >= 0.6 is 0 Å². The van der Waals surface area contributed by atoms with Gasteiger partial charge in [-0.25, -0.2) is 0 Å². The Balaban J connectivity index is 4.24. The molecule has 1 atom stereocenters. The van der Waals surface area contributed by atoms with Crippen LogP contribution in [0.2, 0.25) is 0 Å². The van der Waals surface area contributed by atoms with Crippen LogP contribution in [0.25, 0.3) is 0 Å². The average Bonchev–Trinajstić information content (AvgIpc) is 3.43. The first-order valence-electron chi connectivity index (χ1n) is 32.0. The van der Waals surface area contributed by atoms with E-state index in [1.807, 2.05) is 12.2 Å². The molecule has 0 saturated heterocycles. The normalized spacial score (nSPS) is 12.9. The summed E-state index contributed by atoms with van der Waals surface area (Å²) < 4.78 is 16.8. The summed E-state index contributed by atoms with van der Waals surface area (Å²) in [5, 5.41) is 0. The van der Waals surface area contributed by atoms with Gasteiger partial charge in [-0.3, -0.25) is 14.4 Å². The lowest BCUT2D eigenvalue weighted by atomic mass is 10.0. The van der Waals surface area contributed by atoms with Crippen molar-refractivity contribution in [2.75, 3.05) is 13.2 Å². The quantitative estimate of drug-likeness (QED) is 0.0261. The molecule has 0 spiro atoms. The Morgan fingerprint density at radius 2 is 0.532 bits per heavy atom. The van der Waals surface area contributed by atoms with E-state index >= 15 is 0 Å². The minimum Gasteiger partial charge on any atom is -0.462 e. The SMILES string of the molecule is CC/C=C\C/C=C\C/C=C\C/C=C\CCCCC(=O)OC(COC(=O)CC/C=C\C/C=C\C/C=C\C/C=C\CC)COC(=O)CCCCCCCCCCCCCCCCCCCCC/C=C\C/C=C\CCCCCCC. The maximum atomic E-state index is 12.8. The summed E-state index contributed by atoms with van der Waals surface area (Å²) in [4.78, 5) is 38.2. The van der Waals surface area contributed by atoms with E-state index in [0.29, 0.717) is 19.3 Å². The van der Waals surface area contributed by atoms with Gasteiger partial charge in [-0.1, -0.05) is 277 Å². The van der Waals surface area contributed by atoms with Gasteiger partial charge in [0.15, 0.2) is 6.10 Å². The summed E-state index contributed by atoms with van der Waals surface area (Å²) >= 11 is 0. The topological polar surface area (TPSA) is 78.9 Å². The van der Waals surface area contributed by atoms with E-state index < -0.39 is 6.10 Å². The van der Waals surface area contributed by atoms with Gasteiger partial charge in [-0.15, -0.1) is 0 Å². The number of carbonyl (C=O) groups is 3. The standard InChI is InChI=1S/C71H118O6/c1-4-7-10-13-16-19-22-25-27-28-29-30-31-32-33-34-35-36-37-38-39-40-41-42-44-46-49-52-55-58-61-64-70(73)76-67-68(66-75-69(72)63-60-57-54-51-48-45-24-21-18-15-12-9-6-3)77-71(74)65-62-59-56-53-50-47-43-26-23-20-17-14-11-8-5-2/h8-9,11-12,17-18,20-22,25-26,28-29,43,45,48,50,53-54,57,68H,4-7,10,13-16,19,23-24,27,30-42,44,46-47,49,51-52,55-56,58-67H2,1-3H3/b11-8-,12-9-,20-17-,21-18-,25-22-,29-28-,43-26-,48-45-,53-50-,57-54-. The Bertz CT molecular complexity index is 1600. The summed E-state index contributed by atoms with van der Waals surface area (Å²) in [5.41, 5.74) is 0. The highest BCUT2D eigenvalue weighted by Gasteiger charge is 2.19. The van der Waals surface area contributed by atoms with Crippen LogP contribution in [0.1, 0.15) is 290 Å². The van der Waals surface area contributed by atoms with Crippen LogP contribution in [0.3, 0.4) is 0 Å². The molecule has 0 aliphatic heterocycles. The molecule has 0 aromatic heterocycles. The maximum Gasteiger partial charge on any atom is 0.306 e. The van der Waals surface area contributed by atoms with Gasteiger partial charge in [-0.05, 0) is 116 Å². The fourth-order valence-corrected chi connectivity index (χ4v) is 8.71. The van der Waals surface area contributed by atoms with Crippen LogP contribution < -0.4 is 0 Å². The van der Waals surface area contributed by atoms with Crippen molar-refractivity contribution in [2.45, 2.75) is 297 Å². The molecule has 0 fully saturated rings. The predicted molar refractivity (Wildman–Crippen MR) is 334 cm³/mol. The number of rotatable bonds is 57. The highest BCUT2D eigenvalue weighted by Crippen LogP contribution is 2.16. The van der Waals surface area contributed by atoms with Crippen molar-refractivity contribution >= 4 is 17.9 Å². The van der Waals surface area contributed by atoms with Gasteiger partial charge in [0.25, 0.3) is 0 Å². The van der Waals surface area contributed by atoms with Crippen LogP contribution in [0.4, 0.5) is 0 Å². The Morgan fingerprint density at radius 3 is 0.896 bits per heavy atom. The van der Waals surface area contributed by atoms with Gasteiger partial charge >= 0.3 is 17.9 Å². The molecule has 0 N–H and O–H groups in total. The fraction of sp³-hybridized carbons (Fsp3) is 0.676. The molecule has 438 valence electrons. The van der Waals surface area contributed by atoms with Gasteiger partial charge in [0.2, 0.25) is 0 Å². The fourth-order valence-electron chi connectivity index (χ4n) is 8.71. The zero-order valence-electron chi connectivity index (χ0n) is 50.2. The van der Waals surface area contributed by atoms with Crippen LogP contribution in [-0.4, -0.2) is 37.2 Å². The van der Waals surface area contributed by atoms with Crippen LogP contribution in [0.5, 0.6) is 0 Å². The summed E-state index contributed by atoms with van der Waals surface area (Å²) in [5.74, 6) is -1.04. The first-order chi connectivity index (χ1) is 38.0. The van der Waals surface area contributed by atoms with E-state index in [-0.39, 0.29) is 44.0 Å². The molecule has 0 aliphatic carbocycles. The molecule has 6 heteroatoms. The third-order valence-electron chi connectivity index (χ3n) is 13.4. The molecule has 1 unspecified atom stereocenters. The molecule has 77 heavy (non-hydrogen) atoms. The van der Waals surface area contributed by atoms with E-state index in [1.165, 1.54) is 148 Å². The van der Waals surface area contributed by atoms with Gasteiger partial charge in [0, 0.05) is 19.3 Å². The van der Waals surface area contributed by atoms with E-state index in [2.05, 4.69) is 130 Å². The largest absolute Gasteiger partial charge is 0.462 e. The third kappa shape index (κ3) is 62.5. The summed E-state index contributed by atoms with van der Waals surface area (Å²) in [7, 11) is 0. The molecule has 0 saturated carbocycles. The van der Waals surface area contributed by atoms with E-state index in [9.17, 15) is 14.4 Å². The Kier molecular flexibility index (Phi) is 60.8. The molecular formula is C71H118O6. The van der Waals surface area contributed by atoms with E-state index in [4.69, 9.17) is 14.2 Å². The highest BCUT2D eigenvalue weighted by atomic mass is 16.6. The molecule has 0 heterocycles. The first-order valence-corrected chi connectivity index (χ1v) is 32.0. The zero-order chi connectivity index (χ0) is 55.7. The lowest BCUT2D eigenvalue weighted by Gasteiger charge is -2.18. The molecule has 0 bridgehead atoms. The third-order valence-corrected chi connectivity index (χ3v) is 13.4. The maximum absolute atomic E-state index is 12.8. The highest BCUT2D eigenvalue weighted by molar-refractivity contribution is 5.71. The predicted octanol–water partition coefficient (Wildman–Crippen LogP) is 22.0. The second kappa shape index (κ2) is 64.3. The molecular weight excluding hydrogens is 949 g/mol. The van der Waals surface area contributed by atoms with Crippen molar-refractivity contribution < 1.29 is 28.6 Å². The molecule has 0 radical (unpaired) electrons. The Labute approximate surface area is 475 Å². The van der Waals surface area contributed by atoms with Crippen molar-refractivity contribution in [3.8, 4) is 0 Å². The van der Waals surface area contributed by atoms with Crippen LogP contribution in [-0.2, 0) is 28.6 Å². The lowest BCUT2D eigenvalue weighted by molar-refractivity contribution is -0.166. The van der Waals surface area contributed by atoms with Gasteiger partial charge in [-0.2, -0.15) is 0 Å². The van der Waals surface area contributed by atoms with Crippen molar-refractivity contribution in [3.05, 3.63) is 122 Å². The second-order valence-electron chi connectivity index (χ2n) is 20.9. The molecule has 0 rings (SSSR count).